The molecule has 1 atom stereocenters. The van der Waals surface area contributed by atoms with E-state index in [1.807, 2.05) is 18.2 Å². The summed E-state index contributed by atoms with van der Waals surface area (Å²) in [5.41, 5.74) is 3.17. The zero-order valence-electron chi connectivity index (χ0n) is 15.1. The molecule has 0 aliphatic carbocycles. The fourth-order valence-electron chi connectivity index (χ4n) is 2.88. The van der Waals surface area contributed by atoms with E-state index in [0.29, 0.717) is 5.75 Å². The van der Waals surface area contributed by atoms with Gasteiger partial charge < -0.3 is 4.74 Å². The lowest BCUT2D eigenvalue weighted by atomic mass is 10.0. The number of benzene rings is 2. The van der Waals surface area contributed by atoms with Gasteiger partial charge in [0.05, 0.1) is 6.10 Å². The van der Waals surface area contributed by atoms with Crippen LogP contribution in [0.3, 0.4) is 0 Å². The Balaban J connectivity index is 2.04. The van der Waals surface area contributed by atoms with Crippen molar-refractivity contribution in [1.82, 2.24) is 0 Å². The summed E-state index contributed by atoms with van der Waals surface area (Å²) >= 11 is 0. The molecule has 0 bridgehead atoms. The molecule has 1 nitrogen and oxygen atoms in total. The first kappa shape index (κ1) is 18.5. The van der Waals surface area contributed by atoms with Gasteiger partial charge in [0.15, 0.2) is 0 Å². The van der Waals surface area contributed by atoms with Gasteiger partial charge in [0, 0.05) is 6.07 Å². The van der Waals surface area contributed by atoms with Crippen LogP contribution < -0.4 is 4.74 Å². The highest BCUT2D eigenvalue weighted by atomic mass is 19.1. The van der Waals surface area contributed by atoms with Gasteiger partial charge in [-0.05, 0) is 55.0 Å². The van der Waals surface area contributed by atoms with Crippen molar-refractivity contribution in [2.75, 3.05) is 0 Å². The van der Waals surface area contributed by atoms with Crippen LogP contribution in [0.15, 0.2) is 42.5 Å². The first-order chi connectivity index (χ1) is 11.6. The predicted octanol–water partition coefficient (Wildman–Crippen LogP) is 6.79. The third kappa shape index (κ3) is 5.67. The van der Waals surface area contributed by atoms with E-state index in [-0.39, 0.29) is 11.9 Å². The largest absolute Gasteiger partial charge is 0.491 e. The molecule has 0 radical (unpaired) electrons. The Kier molecular flexibility index (Phi) is 7.30. The summed E-state index contributed by atoms with van der Waals surface area (Å²) in [4.78, 5) is 0. The number of rotatable bonds is 9. The van der Waals surface area contributed by atoms with Gasteiger partial charge in [-0.3, -0.25) is 0 Å². The monoisotopic (exact) mass is 328 g/mol. The van der Waals surface area contributed by atoms with E-state index in [4.69, 9.17) is 4.74 Å². The lowest BCUT2D eigenvalue weighted by Crippen LogP contribution is -2.11. The van der Waals surface area contributed by atoms with Gasteiger partial charge in [0.2, 0.25) is 0 Å². The lowest BCUT2D eigenvalue weighted by molar-refractivity contribution is 0.205. The van der Waals surface area contributed by atoms with Crippen LogP contribution in [0.4, 0.5) is 4.39 Å². The average molecular weight is 328 g/mol. The van der Waals surface area contributed by atoms with Crippen molar-refractivity contribution in [2.45, 2.75) is 65.4 Å². The van der Waals surface area contributed by atoms with Gasteiger partial charge in [0.25, 0.3) is 0 Å². The van der Waals surface area contributed by atoms with E-state index in [9.17, 15) is 4.39 Å². The maximum Gasteiger partial charge on any atom is 0.127 e. The van der Waals surface area contributed by atoms with Gasteiger partial charge >= 0.3 is 0 Å². The Hall–Kier alpha value is -1.83. The molecule has 0 spiro atoms. The van der Waals surface area contributed by atoms with Gasteiger partial charge in [-0.25, -0.2) is 4.39 Å². The number of unbranched alkanes of at least 4 members (excludes halogenated alkanes) is 3. The minimum Gasteiger partial charge on any atom is -0.491 e. The molecule has 0 aromatic heterocycles. The van der Waals surface area contributed by atoms with E-state index < -0.39 is 0 Å². The first-order valence-electron chi connectivity index (χ1n) is 9.19. The SMILES string of the molecule is CCCCCC[C@H](C)Oc1cc(F)cc(-c2ccc(CC)cc2)c1. The van der Waals surface area contributed by atoms with Gasteiger partial charge in [-0.1, -0.05) is 57.4 Å². The first-order valence-corrected chi connectivity index (χ1v) is 9.19. The van der Waals surface area contributed by atoms with E-state index >= 15 is 0 Å². The minimum absolute atomic E-state index is 0.110. The molecule has 2 heteroatoms. The van der Waals surface area contributed by atoms with Crippen LogP contribution in [0.5, 0.6) is 5.75 Å². The van der Waals surface area contributed by atoms with Crippen LogP contribution in [-0.2, 0) is 6.42 Å². The molecular formula is C22H29FO. The number of hydrogen-bond acceptors (Lipinski definition) is 1. The highest BCUT2D eigenvalue weighted by molar-refractivity contribution is 5.65. The number of hydrogen-bond donors (Lipinski definition) is 0. The van der Waals surface area contributed by atoms with Crippen molar-refractivity contribution in [3.05, 3.63) is 53.8 Å². The highest BCUT2D eigenvalue weighted by Crippen LogP contribution is 2.27. The normalized spacial score (nSPS) is 12.2. The summed E-state index contributed by atoms with van der Waals surface area (Å²) in [6.45, 7) is 6.40. The molecule has 2 aromatic carbocycles. The number of ether oxygens (including phenoxy) is 1. The van der Waals surface area contributed by atoms with E-state index in [0.717, 1.165) is 30.4 Å². The standard InChI is InChI=1S/C22H29FO/c1-4-6-7-8-9-17(3)24-22-15-20(14-21(23)16-22)19-12-10-18(5-2)11-13-19/h10-17H,4-9H2,1-3H3/t17-/m0/s1. The van der Waals surface area contributed by atoms with Crippen molar-refractivity contribution < 1.29 is 9.13 Å². The third-order valence-electron chi connectivity index (χ3n) is 4.37. The van der Waals surface area contributed by atoms with E-state index in [2.05, 4.69) is 32.9 Å². The molecule has 0 saturated carbocycles. The summed E-state index contributed by atoms with van der Waals surface area (Å²) in [5, 5.41) is 0. The van der Waals surface area contributed by atoms with Gasteiger partial charge in [-0.15, -0.1) is 0 Å². The van der Waals surface area contributed by atoms with Crippen LogP contribution in [0.2, 0.25) is 0 Å². The topological polar surface area (TPSA) is 9.23 Å². The smallest absolute Gasteiger partial charge is 0.127 e. The molecule has 0 aliphatic rings. The molecule has 130 valence electrons. The number of aryl methyl sites for hydroxylation is 1. The van der Waals surface area contributed by atoms with Crippen molar-refractivity contribution in [3.8, 4) is 16.9 Å². The Morgan fingerprint density at radius 3 is 2.33 bits per heavy atom. The summed E-state index contributed by atoms with van der Waals surface area (Å²) < 4.78 is 19.9. The molecule has 0 saturated heterocycles. The van der Waals surface area contributed by atoms with Crippen LogP contribution in [0, 0.1) is 5.82 Å². The number of halogens is 1. The van der Waals surface area contributed by atoms with Crippen LogP contribution >= 0.6 is 0 Å². The maximum atomic E-state index is 14.0. The Labute approximate surface area is 145 Å². The molecule has 0 fully saturated rings. The van der Waals surface area contributed by atoms with Crippen LogP contribution in [0.25, 0.3) is 11.1 Å². The Bertz CT molecular complexity index is 618. The fourth-order valence-corrected chi connectivity index (χ4v) is 2.88. The maximum absolute atomic E-state index is 14.0. The van der Waals surface area contributed by atoms with Gasteiger partial charge in [0.1, 0.15) is 11.6 Å². The van der Waals surface area contributed by atoms with Crippen molar-refractivity contribution in [2.24, 2.45) is 0 Å². The Morgan fingerprint density at radius 2 is 1.67 bits per heavy atom. The summed E-state index contributed by atoms with van der Waals surface area (Å²) in [6.07, 6.45) is 7.03. The van der Waals surface area contributed by atoms with Gasteiger partial charge in [-0.2, -0.15) is 0 Å². The second-order valence-electron chi connectivity index (χ2n) is 6.50. The molecule has 0 amide bonds. The second kappa shape index (κ2) is 9.46. The van der Waals surface area contributed by atoms with Crippen molar-refractivity contribution >= 4 is 0 Å². The van der Waals surface area contributed by atoms with E-state index in [1.165, 1.54) is 30.9 Å². The zero-order chi connectivity index (χ0) is 17.4. The minimum atomic E-state index is -0.250. The summed E-state index contributed by atoms with van der Waals surface area (Å²) in [6, 6.07) is 13.3. The summed E-state index contributed by atoms with van der Waals surface area (Å²) in [5.74, 6) is 0.368. The van der Waals surface area contributed by atoms with Crippen LogP contribution in [0.1, 0.15) is 58.4 Å². The van der Waals surface area contributed by atoms with E-state index in [1.54, 1.807) is 6.07 Å². The Morgan fingerprint density at radius 1 is 0.917 bits per heavy atom. The van der Waals surface area contributed by atoms with Crippen molar-refractivity contribution in [1.29, 1.82) is 0 Å². The average Bonchev–Trinajstić information content (AvgIpc) is 2.58. The molecular weight excluding hydrogens is 299 g/mol. The van der Waals surface area contributed by atoms with Crippen LogP contribution in [-0.4, -0.2) is 6.10 Å². The predicted molar refractivity (Wildman–Crippen MR) is 100 cm³/mol. The highest BCUT2D eigenvalue weighted by Gasteiger charge is 2.08. The molecule has 0 aliphatic heterocycles. The van der Waals surface area contributed by atoms with Crippen molar-refractivity contribution in [3.63, 3.8) is 0 Å². The quantitative estimate of drug-likeness (QED) is 0.460. The third-order valence-corrected chi connectivity index (χ3v) is 4.37. The summed E-state index contributed by atoms with van der Waals surface area (Å²) in [7, 11) is 0. The molecule has 24 heavy (non-hydrogen) atoms. The lowest BCUT2D eigenvalue weighted by Gasteiger charge is -2.16. The molecule has 2 aromatic rings. The second-order valence-corrected chi connectivity index (χ2v) is 6.50. The zero-order valence-corrected chi connectivity index (χ0v) is 15.1. The molecule has 0 heterocycles. The molecule has 2 rings (SSSR count). The molecule has 0 N–H and O–H groups in total. The fraction of sp³-hybridized carbons (Fsp3) is 0.455. The molecule has 0 unspecified atom stereocenters.